The number of aromatic nitrogens is 4. The van der Waals surface area contributed by atoms with Crippen molar-refractivity contribution in [2.24, 2.45) is 0 Å². The maximum absolute atomic E-state index is 14.0. The standard InChI is InChI=1S/C17H18FN5O2/c1-3-25-16(24)10-11(2)19-14-8-9-15-20-21-17(23(15)22-14)12-6-4-5-7-13(12)18/h4-9,11H,3,10H2,1-2H3,(H,19,22). The molecule has 2 heterocycles. The molecule has 3 rings (SSSR count). The lowest BCUT2D eigenvalue weighted by Crippen LogP contribution is -2.22. The molecular weight excluding hydrogens is 325 g/mol. The van der Waals surface area contributed by atoms with Gasteiger partial charge in [0.05, 0.1) is 18.6 Å². The fourth-order valence-electron chi connectivity index (χ4n) is 2.45. The number of carbonyl (C=O) groups excluding carboxylic acids is 1. The van der Waals surface area contributed by atoms with E-state index in [-0.39, 0.29) is 18.4 Å². The number of esters is 1. The van der Waals surface area contributed by atoms with Gasteiger partial charge in [-0.15, -0.1) is 15.3 Å². The van der Waals surface area contributed by atoms with E-state index in [0.29, 0.717) is 29.5 Å². The minimum atomic E-state index is -0.396. The zero-order chi connectivity index (χ0) is 17.8. The SMILES string of the molecule is CCOC(=O)CC(C)Nc1ccc2nnc(-c3ccccc3F)n2n1. The highest BCUT2D eigenvalue weighted by molar-refractivity contribution is 5.70. The van der Waals surface area contributed by atoms with E-state index in [4.69, 9.17) is 4.74 Å². The van der Waals surface area contributed by atoms with Crippen LogP contribution in [0.15, 0.2) is 36.4 Å². The second-order valence-electron chi connectivity index (χ2n) is 5.55. The molecule has 1 atom stereocenters. The minimum Gasteiger partial charge on any atom is -0.466 e. The Bertz CT molecular complexity index is 896. The number of carbonyl (C=O) groups is 1. The van der Waals surface area contributed by atoms with Gasteiger partial charge < -0.3 is 10.1 Å². The predicted molar refractivity (Wildman–Crippen MR) is 90.5 cm³/mol. The normalized spacial score (nSPS) is 12.1. The molecule has 1 unspecified atom stereocenters. The van der Waals surface area contributed by atoms with Gasteiger partial charge in [-0.1, -0.05) is 12.1 Å². The van der Waals surface area contributed by atoms with Gasteiger partial charge in [0.25, 0.3) is 0 Å². The number of fused-ring (bicyclic) bond motifs is 1. The first-order valence-corrected chi connectivity index (χ1v) is 7.98. The molecule has 130 valence electrons. The molecule has 25 heavy (non-hydrogen) atoms. The van der Waals surface area contributed by atoms with Gasteiger partial charge >= 0.3 is 5.97 Å². The topological polar surface area (TPSA) is 81.4 Å². The second kappa shape index (κ2) is 7.25. The minimum absolute atomic E-state index is 0.169. The van der Waals surface area contributed by atoms with Gasteiger partial charge in [0, 0.05) is 6.04 Å². The van der Waals surface area contributed by atoms with Crippen LogP contribution in [-0.4, -0.2) is 38.4 Å². The zero-order valence-electron chi connectivity index (χ0n) is 13.9. The van der Waals surface area contributed by atoms with Crippen LogP contribution in [0.2, 0.25) is 0 Å². The van der Waals surface area contributed by atoms with E-state index in [0.717, 1.165) is 0 Å². The largest absolute Gasteiger partial charge is 0.466 e. The summed E-state index contributed by atoms with van der Waals surface area (Å²) in [5, 5.41) is 15.6. The zero-order valence-corrected chi connectivity index (χ0v) is 13.9. The van der Waals surface area contributed by atoms with E-state index in [1.807, 2.05) is 6.92 Å². The van der Waals surface area contributed by atoms with E-state index < -0.39 is 5.82 Å². The third kappa shape index (κ3) is 3.73. The Hall–Kier alpha value is -3.03. The van der Waals surface area contributed by atoms with Gasteiger partial charge in [0.15, 0.2) is 11.5 Å². The summed E-state index contributed by atoms with van der Waals surface area (Å²) in [7, 11) is 0. The van der Waals surface area contributed by atoms with Crippen molar-refractivity contribution in [1.29, 1.82) is 0 Å². The quantitative estimate of drug-likeness (QED) is 0.693. The molecule has 0 aliphatic carbocycles. The van der Waals surface area contributed by atoms with Gasteiger partial charge in [-0.25, -0.2) is 4.39 Å². The molecule has 0 amide bonds. The first-order valence-electron chi connectivity index (χ1n) is 7.98. The molecule has 2 aromatic heterocycles. The Morgan fingerprint density at radius 1 is 1.28 bits per heavy atom. The van der Waals surface area contributed by atoms with Gasteiger partial charge in [-0.05, 0) is 38.1 Å². The van der Waals surface area contributed by atoms with Crippen LogP contribution >= 0.6 is 0 Å². The van der Waals surface area contributed by atoms with Gasteiger partial charge in [-0.3, -0.25) is 4.79 Å². The molecule has 1 aromatic carbocycles. The van der Waals surface area contributed by atoms with Crippen LogP contribution < -0.4 is 5.32 Å². The molecular formula is C17H18FN5O2. The smallest absolute Gasteiger partial charge is 0.307 e. The number of benzene rings is 1. The van der Waals surface area contributed by atoms with E-state index >= 15 is 0 Å². The highest BCUT2D eigenvalue weighted by atomic mass is 19.1. The number of halogens is 1. The number of nitrogens with zero attached hydrogens (tertiary/aromatic N) is 4. The highest BCUT2D eigenvalue weighted by Crippen LogP contribution is 2.21. The van der Waals surface area contributed by atoms with Crippen molar-refractivity contribution >= 4 is 17.4 Å². The molecule has 0 spiro atoms. The van der Waals surface area contributed by atoms with Crippen LogP contribution in [0.1, 0.15) is 20.3 Å². The molecule has 1 N–H and O–H groups in total. The summed E-state index contributed by atoms with van der Waals surface area (Å²) in [5.41, 5.74) is 0.820. The summed E-state index contributed by atoms with van der Waals surface area (Å²) in [4.78, 5) is 11.5. The van der Waals surface area contributed by atoms with Crippen molar-refractivity contribution < 1.29 is 13.9 Å². The average Bonchev–Trinajstić information content (AvgIpc) is 2.98. The van der Waals surface area contributed by atoms with Crippen molar-refractivity contribution in [1.82, 2.24) is 19.8 Å². The van der Waals surface area contributed by atoms with Crippen LogP contribution in [0, 0.1) is 5.82 Å². The Morgan fingerprint density at radius 2 is 2.08 bits per heavy atom. The number of hydrogen-bond acceptors (Lipinski definition) is 6. The molecule has 3 aromatic rings. The lowest BCUT2D eigenvalue weighted by atomic mass is 10.2. The van der Waals surface area contributed by atoms with Gasteiger partial charge in [0.2, 0.25) is 0 Å². The fourth-order valence-corrected chi connectivity index (χ4v) is 2.45. The first kappa shape index (κ1) is 16.8. The third-order valence-corrected chi connectivity index (χ3v) is 3.55. The molecule has 0 aliphatic heterocycles. The summed E-state index contributed by atoms with van der Waals surface area (Å²) < 4.78 is 20.4. The number of anilines is 1. The summed E-state index contributed by atoms with van der Waals surface area (Å²) >= 11 is 0. The molecule has 0 saturated carbocycles. The Balaban J connectivity index is 1.86. The summed E-state index contributed by atoms with van der Waals surface area (Å²) in [6.07, 6.45) is 0.218. The predicted octanol–water partition coefficient (Wildman–Crippen LogP) is 2.68. The number of ether oxygens (including phenoxy) is 1. The van der Waals surface area contributed by atoms with Crippen molar-refractivity contribution in [2.75, 3.05) is 11.9 Å². The third-order valence-electron chi connectivity index (χ3n) is 3.55. The monoisotopic (exact) mass is 343 g/mol. The second-order valence-corrected chi connectivity index (χ2v) is 5.55. The number of hydrogen-bond donors (Lipinski definition) is 1. The Morgan fingerprint density at radius 3 is 2.84 bits per heavy atom. The number of nitrogens with one attached hydrogen (secondary N) is 1. The summed E-state index contributed by atoms with van der Waals surface area (Å²) in [6.45, 7) is 3.97. The molecule has 0 fully saturated rings. The number of rotatable bonds is 6. The van der Waals surface area contributed by atoms with Gasteiger partial charge in [-0.2, -0.15) is 4.52 Å². The average molecular weight is 343 g/mol. The molecule has 0 aliphatic rings. The Kier molecular flexibility index (Phi) is 4.87. The first-order chi connectivity index (χ1) is 12.1. The summed E-state index contributed by atoms with van der Waals surface area (Å²) in [6, 6.07) is 9.61. The van der Waals surface area contributed by atoms with Crippen LogP contribution in [-0.2, 0) is 9.53 Å². The van der Waals surface area contributed by atoms with Crippen molar-refractivity contribution in [3.63, 3.8) is 0 Å². The maximum atomic E-state index is 14.0. The van der Waals surface area contributed by atoms with E-state index in [1.165, 1.54) is 10.6 Å². The van der Waals surface area contributed by atoms with Gasteiger partial charge in [0.1, 0.15) is 11.6 Å². The lowest BCUT2D eigenvalue weighted by Gasteiger charge is -2.13. The van der Waals surface area contributed by atoms with E-state index in [9.17, 15) is 9.18 Å². The van der Waals surface area contributed by atoms with E-state index in [1.54, 1.807) is 37.3 Å². The molecule has 0 radical (unpaired) electrons. The van der Waals surface area contributed by atoms with Crippen LogP contribution in [0.25, 0.3) is 17.0 Å². The lowest BCUT2D eigenvalue weighted by molar-refractivity contribution is -0.143. The van der Waals surface area contributed by atoms with Crippen molar-refractivity contribution in [3.8, 4) is 11.4 Å². The fraction of sp³-hybridized carbons (Fsp3) is 0.294. The Labute approximate surface area is 143 Å². The molecule has 8 heteroatoms. The molecule has 0 saturated heterocycles. The van der Waals surface area contributed by atoms with E-state index in [2.05, 4.69) is 20.6 Å². The van der Waals surface area contributed by atoms with Crippen LogP contribution in [0.5, 0.6) is 0 Å². The van der Waals surface area contributed by atoms with Crippen LogP contribution in [0.3, 0.4) is 0 Å². The summed E-state index contributed by atoms with van der Waals surface area (Å²) in [5.74, 6) is 0.170. The highest BCUT2D eigenvalue weighted by Gasteiger charge is 2.15. The van der Waals surface area contributed by atoms with Crippen molar-refractivity contribution in [3.05, 3.63) is 42.2 Å². The maximum Gasteiger partial charge on any atom is 0.307 e. The van der Waals surface area contributed by atoms with Crippen LogP contribution in [0.4, 0.5) is 10.2 Å². The molecule has 7 nitrogen and oxygen atoms in total. The molecule has 0 bridgehead atoms. The van der Waals surface area contributed by atoms with Crippen molar-refractivity contribution in [2.45, 2.75) is 26.3 Å².